The van der Waals surface area contributed by atoms with Crippen LogP contribution in [-0.2, 0) is 27.7 Å². The van der Waals surface area contributed by atoms with Crippen molar-refractivity contribution in [1.82, 2.24) is 4.90 Å². The predicted molar refractivity (Wildman–Crippen MR) is 98.5 cm³/mol. The van der Waals surface area contributed by atoms with Gasteiger partial charge in [-0.15, -0.1) is 22.7 Å². The number of hydrogen-bond acceptors (Lipinski definition) is 7. The van der Waals surface area contributed by atoms with E-state index in [9.17, 15) is 13.2 Å². The molecule has 6 nitrogen and oxygen atoms in total. The molecule has 1 aliphatic heterocycles. The summed E-state index contributed by atoms with van der Waals surface area (Å²) in [6.45, 7) is 1.51. The predicted octanol–water partition coefficient (Wildman–Crippen LogP) is 3.15. The summed E-state index contributed by atoms with van der Waals surface area (Å²) in [7, 11) is -0.447. The fraction of sp³-hybridized carbons (Fsp3) is 0.357. The van der Waals surface area contributed by atoms with E-state index in [2.05, 4.69) is 25.6 Å². The Morgan fingerprint density at radius 3 is 2.75 bits per heavy atom. The first kappa shape index (κ1) is 17.9. The summed E-state index contributed by atoms with van der Waals surface area (Å²) >= 11 is 5.67. The molecular formula is C14H15BrN2O4S3. The molecule has 0 unspecified atom stereocenters. The third-order valence-corrected chi connectivity index (χ3v) is 8.40. The SMILES string of the molecule is COC(=O)c1c(NS(=O)(=O)c2ccc(Br)s2)sc2c1CCN(C)C2. The van der Waals surface area contributed by atoms with Crippen LogP contribution in [0.25, 0.3) is 0 Å². The number of ether oxygens (including phenoxy) is 1. The molecule has 130 valence electrons. The van der Waals surface area contributed by atoms with Crippen LogP contribution in [0.3, 0.4) is 0 Å². The second-order valence-corrected chi connectivity index (χ2v) is 10.8. The molecule has 0 atom stereocenters. The second kappa shape index (κ2) is 6.75. The Morgan fingerprint density at radius 1 is 1.38 bits per heavy atom. The number of sulfonamides is 1. The lowest BCUT2D eigenvalue weighted by Crippen LogP contribution is -2.26. The van der Waals surface area contributed by atoms with E-state index in [4.69, 9.17) is 4.74 Å². The van der Waals surface area contributed by atoms with E-state index in [1.807, 2.05) is 7.05 Å². The molecule has 2 aromatic heterocycles. The van der Waals surface area contributed by atoms with Crippen molar-refractivity contribution in [2.75, 3.05) is 25.4 Å². The number of carbonyl (C=O) groups is 1. The van der Waals surface area contributed by atoms with Crippen molar-refractivity contribution < 1.29 is 17.9 Å². The summed E-state index contributed by atoms with van der Waals surface area (Å²) in [6, 6.07) is 3.20. The number of likely N-dealkylation sites (N-methyl/N-ethyl adjacent to an activating group) is 1. The number of anilines is 1. The van der Waals surface area contributed by atoms with Gasteiger partial charge in [0.05, 0.1) is 16.5 Å². The Morgan fingerprint density at radius 2 is 2.12 bits per heavy atom. The summed E-state index contributed by atoms with van der Waals surface area (Å²) < 4.78 is 33.5. The van der Waals surface area contributed by atoms with Crippen molar-refractivity contribution in [3.05, 3.63) is 31.9 Å². The minimum absolute atomic E-state index is 0.189. The molecule has 10 heteroatoms. The first-order valence-corrected chi connectivity index (χ1v) is 10.9. The molecule has 1 aliphatic rings. The lowest BCUT2D eigenvalue weighted by atomic mass is 10.0. The van der Waals surface area contributed by atoms with Crippen LogP contribution >= 0.6 is 38.6 Å². The average Bonchev–Trinajstić information content (AvgIpc) is 3.09. The fourth-order valence-electron chi connectivity index (χ4n) is 2.54. The number of methoxy groups -OCH3 is 1. The third kappa shape index (κ3) is 3.38. The van der Waals surface area contributed by atoms with Crippen LogP contribution in [0.4, 0.5) is 5.00 Å². The second-order valence-electron chi connectivity index (χ2n) is 5.35. The van der Waals surface area contributed by atoms with Crippen molar-refractivity contribution in [2.45, 2.75) is 17.2 Å². The van der Waals surface area contributed by atoms with Gasteiger partial charge in [-0.1, -0.05) is 0 Å². The topological polar surface area (TPSA) is 75.7 Å². The van der Waals surface area contributed by atoms with Gasteiger partial charge in [-0.3, -0.25) is 4.72 Å². The van der Waals surface area contributed by atoms with E-state index in [1.54, 1.807) is 6.07 Å². The highest BCUT2D eigenvalue weighted by Crippen LogP contribution is 2.39. The van der Waals surface area contributed by atoms with Gasteiger partial charge in [-0.05, 0) is 47.1 Å². The molecule has 0 saturated heterocycles. The van der Waals surface area contributed by atoms with Crippen LogP contribution in [0.1, 0.15) is 20.8 Å². The van der Waals surface area contributed by atoms with Gasteiger partial charge in [-0.25, -0.2) is 13.2 Å². The number of halogens is 1. The molecule has 0 aromatic carbocycles. The number of hydrogen-bond donors (Lipinski definition) is 1. The first-order chi connectivity index (χ1) is 11.3. The quantitative estimate of drug-likeness (QED) is 0.723. The minimum Gasteiger partial charge on any atom is -0.465 e. The maximum absolute atomic E-state index is 12.6. The maximum Gasteiger partial charge on any atom is 0.341 e. The molecule has 3 heterocycles. The molecule has 3 rings (SSSR count). The molecule has 0 aliphatic carbocycles. The van der Waals surface area contributed by atoms with Gasteiger partial charge in [-0.2, -0.15) is 0 Å². The molecule has 24 heavy (non-hydrogen) atoms. The molecule has 0 radical (unpaired) electrons. The minimum atomic E-state index is -3.74. The first-order valence-electron chi connectivity index (χ1n) is 7.01. The van der Waals surface area contributed by atoms with Gasteiger partial charge < -0.3 is 9.64 Å². The van der Waals surface area contributed by atoms with Gasteiger partial charge in [0.1, 0.15) is 9.21 Å². The molecule has 1 N–H and O–H groups in total. The van der Waals surface area contributed by atoms with E-state index < -0.39 is 16.0 Å². The van der Waals surface area contributed by atoms with E-state index >= 15 is 0 Å². The highest BCUT2D eigenvalue weighted by atomic mass is 79.9. The zero-order valence-electron chi connectivity index (χ0n) is 13.0. The van der Waals surface area contributed by atoms with Crippen LogP contribution in [0.5, 0.6) is 0 Å². The number of esters is 1. The molecule has 0 spiro atoms. The lowest BCUT2D eigenvalue weighted by molar-refractivity contribution is 0.0600. The van der Waals surface area contributed by atoms with Crippen LogP contribution in [0, 0.1) is 0 Å². The van der Waals surface area contributed by atoms with Crippen LogP contribution in [0.15, 0.2) is 20.1 Å². The monoisotopic (exact) mass is 450 g/mol. The smallest absolute Gasteiger partial charge is 0.341 e. The highest BCUT2D eigenvalue weighted by Gasteiger charge is 2.30. The molecule has 0 fully saturated rings. The standard InChI is InChI=1S/C14H15BrN2O4S3/c1-17-6-5-8-9(7-17)22-13(12(8)14(18)21-2)16-24(19,20)11-4-3-10(15)23-11/h3-4,16H,5-7H2,1-2H3. The largest absolute Gasteiger partial charge is 0.465 e. The number of nitrogens with zero attached hydrogens (tertiary/aromatic N) is 1. The van der Waals surface area contributed by atoms with Crippen molar-refractivity contribution >= 4 is 59.6 Å². The summed E-state index contributed by atoms with van der Waals surface area (Å²) in [5, 5.41) is 0.326. The van der Waals surface area contributed by atoms with E-state index in [-0.39, 0.29) is 4.21 Å². The number of rotatable bonds is 4. The number of carbonyl (C=O) groups excluding carboxylic acids is 1. The van der Waals surface area contributed by atoms with Gasteiger partial charge in [0, 0.05) is 18.0 Å². The van der Waals surface area contributed by atoms with Gasteiger partial charge in [0.2, 0.25) is 0 Å². The van der Waals surface area contributed by atoms with Crippen LogP contribution in [-0.4, -0.2) is 40.0 Å². The Kier molecular flexibility index (Phi) is 5.03. The normalized spacial score (nSPS) is 15.1. The fourth-order valence-corrected chi connectivity index (χ4v) is 7.17. The van der Waals surface area contributed by atoms with Gasteiger partial charge >= 0.3 is 5.97 Å². The summed E-state index contributed by atoms with van der Waals surface area (Å²) in [5.74, 6) is -0.512. The zero-order chi connectivity index (χ0) is 17.5. The maximum atomic E-state index is 12.6. The van der Waals surface area contributed by atoms with Crippen molar-refractivity contribution in [1.29, 1.82) is 0 Å². The Balaban J connectivity index is 2.03. The summed E-state index contributed by atoms with van der Waals surface area (Å²) in [4.78, 5) is 15.3. The van der Waals surface area contributed by atoms with Crippen molar-refractivity contribution in [2.24, 2.45) is 0 Å². The highest BCUT2D eigenvalue weighted by molar-refractivity contribution is 9.11. The van der Waals surface area contributed by atoms with E-state index in [0.29, 0.717) is 23.5 Å². The van der Waals surface area contributed by atoms with Gasteiger partial charge in [0.25, 0.3) is 10.0 Å². The number of fused-ring (bicyclic) bond motifs is 1. The van der Waals surface area contributed by atoms with Crippen LogP contribution in [0.2, 0.25) is 0 Å². The Labute approximate surface area is 156 Å². The van der Waals surface area contributed by atoms with Crippen LogP contribution < -0.4 is 4.72 Å². The zero-order valence-corrected chi connectivity index (χ0v) is 17.0. The molecule has 0 bridgehead atoms. The van der Waals surface area contributed by atoms with Gasteiger partial charge in [0.15, 0.2) is 0 Å². The van der Waals surface area contributed by atoms with Crippen molar-refractivity contribution in [3.63, 3.8) is 0 Å². The molecular weight excluding hydrogens is 436 g/mol. The summed E-state index contributed by atoms with van der Waals surface area (Å²) in [6.07, 6.45) is 0.693. The molecule has 0 amide bonds. The van der Waals surface area contributed by atoms with E-state index in [1.165, 1.54) is 24.5 Å². The Hall–Kier alpha value is -0.940. The number of nitrogens with one attached hydrogen (secondary N) is 1. The van der Waals surface area contributed by atoms with E-state index in [0.717, 1.165) is 32.1 Å². The number of thiophene rings is 2. The molecule has 2 aromatic rings. The van der Waals surface area contributed by atoms with Crippen molar-refractivity contribution in [3.8, 4) is 0 Å². The average molecular weight is 451 g/mol. The molecule has 0 saturated carbocycles. The summed E-state index contributed by atoms with van der Waals surface area (Å²) in [5.41, 5.74) is 1.22. The third-order valence-electron chi connectivity index (χ3n) is 3.68. The lowest BCUT2D eigenvalue weighted by Gasteiger charge is -2.22. The Bertz CT molecular complexity index is 888.